The van der Waals surface area contributed by atoms with Crippen LogP contribution in [0.5, 0.6) is 5.88 Å². The Balaban J connectivity index is 1.79. The van der Waals surface area contributed by atoms with Gasteiger partial charge in [0.2, 0.25) is 0 Å². The summed E-state index contributed by atoms with van der Waals surface area (Å²) in [4.78, 5) is 21.2. The Morgan fingerprint density at radius 3 is 3.05 bits per heavy atom. The molecule has 0 amide bonds. The van der Waals surface area contributed by atoms with Gasteiger partial charge in [-0.25, -0.2) is 9.78 Å². The van der Waals surface area contributed by atoms with E-state index in [2.05, 4.69) is 15.0 Å². The maximum Gasteiger partial charge on any atom is 0.347 e. The second-order valence-corrected chi connectivity index (χ2v) is 4.49. The third-order valence-electron chi connectivity index (χ3n) is 2.89. The van der Waals surface area contributed by atoms with Crippen molar-refractivity contribution >= 4 is 0 Å². The number of aliphatic hydroxyl groups is 1. The fraction of sp³-hybridized carbons (Fsp3) is 0.357. The molecule has 6 nitrogen and oxygen atoms in total. The molecule has 2 aromatic heterocycles. The topological polar surface area (TPSA) is 88.1 Å². The van der Waals surface area contributed by atoms with Gasteiger partial charge in [-0.2, -0.15) is 0 Å². The van der Waals surface area contributed by atoms with Crippen LogP contribution in [-0.4, -0.2) is 26.7 Å². The third-order valence-corrected chi connectivity index (χ3v) is 2.89. The Labute approximate surface area is 116 Å². The molecular formula is C14H17N3O3. The highest BCUT2D eigenvalue weighted by Gasteiger charge is 2.07. The van der Waals surface area contributed by atoms with Crippen LogP contribution in [0.2, 0.25) is 0 Å². The Bertz CT molecular complexity index is 598. The van der Waals surface area contributed by atoms with Gasteiger partial charge in [0.15, 0.2) is 5.88 Å². The third kappa shape index (κ3) is 3.89. The molecule has 0 radical (unpaired) electrons. The van der Waals surface area contributed by atoms with Gasteiger partial charge in [0.25, 0.3) is 0 Å². The lowest BCUT2D eigenvalue weighted by Gasteiger charge is -2.11. The van der Waals surface area contributed by atoms with Crippen molar-refractivity contribution < 1.29 is 9.84 Å². The molecule has 6 heteroatoms. The monoisotopic (exact) mass is 275 g/mol. The smallest absolute Gasteiger partial charge is 0.347 e. The van der Waals surface area contributed by atoms with Crippen LogP contribution >= 0.6 is 0 Å². The maximum atomic E-state index is 11.1. The largest absolute Gasteiger partial charge is 0.479 e. The molecule has 2 aromatic rings. The van der Waals surface area contributed by atoms with E-state index in [0.717, 1.165) is 11.1 Å². The number of ether oxygens (including phenoxy) is 1. The lowest BCUT2D eigenvalue weighted by molar-refractivity contribution is 0.153. The highest BCUT2D eigenvalue weighted by molar-refractivity contribution is 5.19. The summed E-state index contributed by atoms with van der Waals surface area (Å²) < 4.78 is 5.48. The number of rotatable bonds is 6. The molecule has 0 aliphatic rings. The van der Waals surface area contributed by atoms with Crippen molar-refractivity contribution in [2.45, 2.75) is 25.9 Å². The number of nitrogens with one attached hydrogen (secondary N) is 1. The second-order valence-electron chi connectivity index (χ2n) is 4.49. The molecule has 0 bridgehead atoms. The fourth-order valence-electron chi connectivity index (χ4n) is 1.78. The highest BCUT2D eigenvalue weighted by atomic mass is 16.5. The van der Waals surface area contributed by atoms with E-state index in [1.165, 1.54) is 6.20 Å². The van der Waals surface area contributed by atoms with Crippen molar-refractivity contribution in [3.05, 3.63) is 52.3 Å². The van der Waals surface area contributed by atoms with Gasteiger partial charge in [0.1, 0.15) is 0 Å². The molecule has 1 unspecified atom stereocenters. The van der Waals surface area contributed by atoms with E-state index in [0.29, 0.717) is 25.3 Å². The molecule has 0 spiro atoms. The quantitative estimate of drug-likeness (QED) is 0.777. The van der Waals surface area contributed by atoms with Crippen molar-refractivity contribution in [3.63, 3.8) is 0 Å². The van der Waals surface area contributed by atoms with Crippen molar-refractivity contribution in [1.29, 1.82) is 0 Å². The zero-order valence-corrected chi connectivity index (χ0v) is 11.2. The zero-order chi connectivity index (χ0) is 14.4. The van der Waals surface area contributed by atoms with E-state index in [1.54, 1.807) is 18.5 Å². The van der Waals surface area contributed by atoms with Crippen LogP contribution in [0.1, 0.15) is 30.1 Å². The van der Waals surface area contributed by atoms with E-state index in [9.17, 15) is 9.90 Å². The van der Waals surface area contributed by atoms with E-state index in [-0.39, 0.29) is 0 Å². The number of aromatic nitrogens is 3. The number of H-pyrrole nitrogens is 1. The maximum absolute atomic E-state index is 11.1. The summed E-state index contributed by atoms with van der Waals surface area (Å²) in [6.07, 6.45) is 5.47. The number of pyridine rings is 1. The average Bonchev–Trinajstić information content (AvgIpc) is 2.47. The number of aliphatic hydroxyl groups excluding tert-OH is 1. The first-order chi connectivity index (χ1) is 9.66. The molecule has 0 saturated heterocycles. The average molecular weight is 275 g/mol. The van der Waals surface area contributed by atoms with Crippen LogP contribution in [-0.2, 0) is 0 Å². The SMILES string of the molecule is Cc1cnc(=O)[nH]c1OCCCC(O)c1cccnc1. The van der Waals surface area contributed by atoms with E-state index in [1.807, 2.05) is 13.0 Å². The summed E-state index contributed by atoms with van der Waals surface area (Å²) in [5, 5.41) is 9.95. The number of hydrogen-bond acceptors (Lipinski definition) is 5. The molecular weight excluding hydrogens is 258 g/mol. The molecule has 106 valence electrons. The van der Waals surface area contributed by atoms with Crippen LogP contribution in [0.3, 0.4) is 0 Å². The summed E-state index contributed by atoms with van der Waals surface area (Å²) in [5.41, 5.74) is 1.14. The summed E-state index contributed by atoms with van der Waals surface area (Å²) in [6, 6.07) is 3.63. The molecule has 0 aromatic carbocycles. The summed E-state index contributed by atoms with van der Waals surface area (Å²) in [6.45, 7) is 2.22. The van der Waals surface area contributed by atoms with Crippen molar-refractivity contribution in [1.82, 2.24) is 15.0 Å². The van der Waals surface area contributed by atoms with Crippen LogP contribution in [0, 0.1) is 6.92 Å². The lowest BCUT2D eigenvalue weighted by atomic mass is 10.1. The number of nitrogens with zero attached hydrogens (tertiary/aromatic N) is 2. The molecule has 0 aliphatic heterocycles. The van der Waals surface area contributed by atoms with Crippen molar-refractivity contribution in [3.8, 4) is 5.88 Å². The normalized spacial score (nSPS) is 12.1. The second kappa shape index (κ2) is 6.81. The molecule has 0 aliphatic carbocycles. The minimum Gasteiger partial charge on any atom is -0.479 e. The molecule has 1 atom stereocenters. The van der Waals surface area contributed by atoms with Crippen LogP contribution in [0.4, 0.5) is 0 Å². The fourth-order valence-corrected chi connectivity index (χ4v) is 1.78. The minimum atomic E-state index is -0.551. The minimum absolute atomic E-state index is 0.415. The van der Waals surface area contributed by atoms with Gasteiger partial charge in [-0.3, -0.25) is 9.97 Å². The molecule has 20 heavy (non-hydrogen) atoms. The molecule has 0 saturated carbocycles. The Kier molecular flexibility index (Phi) is 4.84. The van der Waals surface area contributed by atoms with Gasteiger partial charge in [0, 0.05) is 24.2 Å². The molecule has 0 fully saturated rings. The Hall–Kier alpha value is -2.21. The first-order valence-electron chi connectivity index (χ1n) is 6.43. The highest BCUT2D eigenvalue weighted by Crippen LogP contribution is 2.17. The Morgan fingerprint density at radius 2 is 2.30 bits per heavy atom. The van der Waals surface area contributed by atoms with E-state index >= 15 is 0 Å². The van der Waals surface area contributed by atoms with Gasteiger partial charge in [0.05, 0.1) is 12.7 Å². The number of hydrogen-bond donors (Lipinski definition) is 2. The van der Waals surface area contributed by atoms with E-state index in [4.69, 9.17) is 4.74 Å². The van der Waals surface area contributed by atoms with Crippen LogP contribution in [0.25, 0.3) is 0 Å². The first kappa shape index (κ1) is 14.2. The lowest BCUT2D eigenvalue weighted by Crippen LogP contribution is -2.13. The predicted octanol–water partition coefficient (Wildman–Crippen LogP) is 1.37. The van der Waals surface area contributed by atoms with Crippen LogP contribution < -0.4 is 10.4 Å². The Morgan fingerprint density at radius 1 is 1.45 bits per heavy atom. The zero-order valence-electron chi connectivity index (χ0n) is 11.2. The van der Waals surface area contributed by atoms with Gasteiger partial charge < -0.3 is 9.84 Å². The van der Waals surface area contributed by atoms with Gasteiger partial charge in [-0.05, 0) is 31.4 Å². The van der Waals surface area contributed by atoms with Crippen molar-refractivity contribution in [2.75, 3.05) is 6.61 Å². The molecule has 2 heterocycles. The van der Waals surface area contributed by atoms with Gasteiger partial charge >= 0.3 is 5.69 Å². The summed E-state index contributed by atoms with van der Waals surface area (Å²) >= 11 is 0. The van der Waals surface area contributed by atoms with Crippen molar-refractivity contribution in [2.24, 2.45) is 0 Å². The van der Waals surface area contributed by atoms with Gasteiger partial charge in [-0.1, -0.05) is 6.07 Å². The predicted molar refractivity (Wildman–Crippen MR) is 73.5 cm³/mol. The first-order valence-corrected chi connectivity index (χ1v) is 6.43. The van der Waals surface area contributed by atoms with E-state index < -0.39 is 11.8 Å². The summed E-state index contributed by atoms with van der Waals surface area (Å²) in [5.74, 6) is 0.431. The van der Waals surface area contributed by atoms with Crippen LogP contribution in [0.15, 0.2) is 35.5 Å². The summed E-state index contributed by atoms with van der Waals surface area (Å²) in [7, 11) is 0. The standard InChI is InChI=1S/C14H17N3O3/c1-10-8-16-14(19)17-13(10)20-7-3-5-12(18)11-4-2-6-15-9-11/h2,4,6,8-9,12,18H,3,5,7H2,1H3,(H,16,17,19). The number of aromatic amines is 1. The number of aryl methyl sites for hydroxylation is 1. The van der Waals surface area contributed by atoms with Gasteiger partial charge in [-0.15, -0.1) is 0 Å². The molecule has 2 rings (SSSR count). The molecule has 2 N–H and O–H groups in total.